The number of anilines is 1. The van der Waals surface area contributed by atoms with Crippen molar-refractivity contribution in [3.05, 3.63) is 60.2 Å². The number of fused-ring (bicyclic) bond motifs is 1. The molecule has 1 aromatic carbocycles. The molecule has 7 heteroatoms. The minimum Gasteiger partial charge on any atom is -0.367 e. The van der Waals surface area contributed by atoms with Crippen LogP contribution in [0.3, 0.4) is 0 Å². The number of pyridine rings is 1. The van der Waals surface area contributed by atoms with E-state index < -0.39 is 0 Å². The summed E-state index contributed by atoms with van der Waals surface area (Å²) in [7, 11) is 0. The Morgan fingerprint density at radius 2 is 1.84 bits per heavy atom. The number of rotatable bonds is 4. The number of hydrogen-bond donors (Lipinski definition) is 1. The number of likely N-dealkylation sites (tertiary alicyclic amines) is 1. The van der Waals surface area contributed by atoms with Crippen molar-refractivity contribution < 1.29 is 4.79 Å². The van der Waals surface area contributed by atoms with E-state index in [1.807, 2.05) is 35.2 Å². The summed E-state index contributed by atoms with van der Waals surface area (Å²) in [6.45, 7) is 3.18. The fourth-order valence-corrected chi connectivity index (χ4v) is 4.98. The largest absolute Gasteiger partial charge is 0.367 e. The van der Waals surface area contributed by atoms with Crippen LogP contribution in [0.15, 0.2) is 60.2 Å². The van der Waals surface area contributed by atoms with Gasteiger partial charge in [-0.05, 0) is 30.5 Å². The second-order valence-corrected chi connectivity index (χ2v) is 8.62. The van der Waals surface area contributed by atoms with Crippen molar-refractivity contribution in [1.29, 1.82) is 0 Å². The molecule has 1 aliphatic rings. The van der Waals surface area contributed by atoms with Crippen LogP contribution in [0.4, 0.5) is 5.82 Å². The Morgan fingerprint density at radius 1 is 1.06 bits per heavy atom. The van der Waals surface area contributed by atoms with Gasteiger partial charge in [0.25, 0.3) is 0 Å². The molecule has 1 aliphatic heterocycles. The fourth-order valence-electron chi connectivity index (χ4n) is 4.03. The molecular formula is C24H23N5OS. The van der Waals surface area contributed by atoms with Gasteiger partial charge in [0.1, 0.15) is 10.6 Å². The summed E-state index contributed by atoms with van der Waals surface area (Å²) in [4.78, 5) is 28.6. The van der Waals surface area contributed by atoms with Crippen molar-refractivity contribution in [1.82, 2.24) is 19.9 Å². The number of aromatic nitrogens is 3. The standard InChI is InChI=1S/C24H23N5OS/c1-16(30)29-12-9-19(10-13-29)26-23-21-20(17-6-3-2-4-7-17)15-31-24(21)28-22(27-23)18-8-5-11-25-14-18/h2-8,11,14-15,19H,9-10,12-13H2,1H3,(H,26,27,28). The number of benzene rings is 1. The molecule has 0 bridgehead atoms. The van der Waals surface area contributed by atoms with Gasteiger partial charge in [0, 0.05) is 55.0 Å². The van der Waals surface area contributed by atoms with E-state index in [-0.39, 0.29) is 11.9 Å². The quantitative estimate of drug-likeness (QED) is 0.502. The lowest BCUT2D eigenvalue weighted by Gasteiger charge is -2.32. The molecule has 0 spiro atoms. The molecule has 31 heavy (non-hydrogen) atoms. The third-order valence-corrected chi connectivity index (χ3v) is 6.59. The van der Waals surface area contributed by atoms with Crippen LogP contribution in [0.25, 0.3) is 32.7 Å². The van der Waals surface area contributed by atoms with E-state index in [1.165, 1.54) is 0 Å². The number of thiophene rings is 1. The maximum atomic E-state index is 11.7. The molecule has 4 heterocycles. The molecule has 1 amide bonds. The molecule has 5 rings (SSSR count). The Hall–Kier alpha value is -3.32. The van der Waals surface area contributed by atoms with Gasteiger partial charge in [-0.2, -0.15) is 0 Å². The molecule has 1 fully saturated rings. The molecule has 0 unspecified atom stereocenters. The normalized spacial score (nSPS) is 14.7. The molecule has 0 atom stereocenters. The zero-order chi connectivity index (χ0) is 21.2. The van der Waals surface area contributed by atoms with Gasteiger partial charge in [-0.3, -0.25) is 9.78 Å². The Balaban J connectivity index is 1.56. The predicted molar refractivity (Wildman–Crippen MR) is 125 cm³/mol. The first-order valence-electron chi connectivity index (χ1n) is 10.5. The van der Waals surface area contributed by atoms with E-state index in [2.05, 4.69) is 27.8 Å². The van der Waals surface area contributed by atoms with Gasteiger partial charge in [0.2, 0.25) is 5.91 Å². The number of hydrogen-bond acceptors (Lipinski definition) is 6. The van der Waals surface area contributed by atoms with E-state index in [9.17, 15) is 4.79 Å². The molecule has 4 aromatic rings. The number of nitrogens with one attached hydrogen (secondary N) is 1. The molecule has 1 saturated heterocycles. The van der Waals surface area contributed by atoms with Crippen LogP contribution in [0, 0.1) is 0 Å². The van der Waals surface area contributed by atoms with Crippen molar-refractivity contribution in [3.8, 4) is 22.5 Å². The molecule has 156 valence electrons. The van der Waals surface area contributed by atoms with Crippen LogP contribution in [0.1, 0.15) is 19.8 Å². The Labute approximate surface area is 185 Å². The minimum atomic E-state index is 0.144. The second-order valence-electron chi connectivity index (χ2n) is 7.76. The highest BCUT2D eigenvalue weighted by Gasteiger charge is 2.23. The van der Waals surface area contributed by atoms with E-state index >= 15 is 0 Å². The zero-order valence-electron chi connectivity index (χ0n) is 17.3. The average molecular weight is 430 g/mol. The lowest BCUT2D eigenvalue weighted by atomic mass is 10.0. The van der Waals surface area contributed by atoms with Gasteiger partial charge in [-0.25, -0.2) is 9.97 Å². The van der Waals surface area contributed by atoms with Crippen LogP contribution in [-0.4, -0.2) is 44.9 Å². The van der Waals surface area contributed by atoms with Crippen molar-refractivity contribution in [2.75, 3.05) is 18.4 Å². The van der Waals surface area contributed by atoms with E-state index in [0.29, 0.717) is 5.82 Å². The summed E-state index contributed by atoms with van der Waals surface area (Å²) >= 11 is 1.63. The smallest absolute Gasteiger partial charge is 0.219 e. The Morgan fingerprint density at radius 3 is 2.55 bits per heavy atom. The first kappa shape index (κ1) is 19.6. The number of amides is 1. The van der Waals surface area contributed by atoms with Crippen LogP contribution < -0.4 is 5.32 Å². The average Bonchev–Trinajstić information content (AvgIpc) is 3.25. The third-order valence-electron chi connectivity index (χ3n) is 5.72. The molecule has 0 aliphatic carbocycles. The van der Waals surface area contributed by atoms with Gasteiger partial charge >= 0.3 is 0 Å². The molecule has 1 N–H and O–H groups in total. The van der Waals surface area contributed by atoms with Crippen LogP contribution >= 0.6 is 11.3 Å². The fraction of sp³-hybridized carbons (Fsp3) is 0.250. The zero-order valence-corrected chi connectivity index (χ0v) is 18.1. The molecular weight excluding hydrogens is 406 g/mol. The number of piperidine rings is 1. The van der Waals surface area contributed by atoms with Gasteiger partial charge in [0.05, 0.1) is 5.39 Å². The maximum absolute atomic E-state index is 11.7. The summed E-state index contributed by atoms with van der Waals surface area (Å²) in [5.74, 6) is 1.67. The third kappa shape index (κ3) is 4.01. The first-order valence-corrected chi connectivity index (χ1v) is 11.3. The van der Waals surface area contributed by atoms with Crippen molar-refractivity contribution >= 4 is 33.3 Å². The number of carbonyl (C=O) groups excluding carboxylic acids is 1. The van der Waals surface area contributed by atoms with Gasteiger partial charge in [-0.15, -0.1) is 11.3 Å². The summed E-state index contributed by atoms with van der Waals surface area (Å²) in [6, 6.07) is 14.5. The van der Waals surface area contributed by atoms with E-state index in [1.54, 1.807) is 30.7 Å². The lowest BCUT2D eigenvalue weighted by Crippen LogP contribution is -2.41. The summed E-state index contributed by atoms with van der Waals surface area (Å²) in [5, 5.41) is 6.90. The number of nitrogens with zero attached hydrogens (tertiary/aromatic N) is 4. The summed E-state index contributed by atoms with van der Waals surface area (Å²) < 4.78 is 0. The van der Waals surface area contributed by atoms with Gasteiger partial charge in [-0.1, -0.05) is 30.3 Å². The van der Waals surface area contributed by atoms with Crippen molar-refractivity contribution in [2.24, 2.45) is 0 Å². The summed E-state index contributed by atoms with van der Waals surface area (Å²) in [6.07, 6.45) is 5.35. The Bertz CT molecular complexity index is 1200. The van der Waals surface area contributed by atoms with E-state index in [0.717, 1.165) is 58.7 Å². The lowest BCUT2D eigenvalue weighted by molar-refractivity contribution is -0.129. The van der Waals surface area contributed by atoms with E-state index in [4.69, 9.17) is 9.97 Å². The number of carbonyl (C=O) groups is 1. The highest BCUT2D eigenvalue weighted by Crippen LogP contribution is 2.38. The molecule has 0 radical (unpaired) electrons. The predicted octanol–water partition coefficient (Wildman–Crippen LogP) is 4.84. The second kappa shape index (κ2) is 8.43. The Kier molecular flexibility index (Phi) is 5.34. The highest BCUT2D eigenvalue weighted by atomic mass is 32.1. The van der Waals surface area contributed by atoms with Crippen LogP contribution in [-0.2, 0) is 4.79 Å². The van der Waals surface area contributed by atoms with Crippen LogP contribution in [0.2, 0.25) is 0 Å². The summed E-state index contributed by atoms with van der Waals surface area (Å²) in [5.41, 5.74) is 3.19. The van der Waals surface area contributed by atoms with Gasteiger partial charge in [0.15, 0.2) is 5.82 Å². The first-order chi connectivity index (χ1) is 15.2. The van der Waals surface area contributed by atoms with Crippen molar-refractivity contribution in [2.45, 2.75) is 25.8 Å². The van der Waals surface area contributed by atoms with Crippen LogP contribution in [0.5, 0.6) is 0 Å². The monoisotopic (exact) mass is 429 g/mol. The molecule has 3 aromatic heterocycles. The highest BCUT2D eigenvalue weighted by molar-refractivity contribution is 7.17. The van der Waals surface area contributed by atoms with Crippen molar-refractivity contribution in [3.63, 3.8) is 0 Å². The maximum Gasteiger partial charge on any atom is 0.219 e. The SMILES string of the molecule is CC(=O)N1CCC(Nc2nc(-c3cccnc3)nc3scc(-c4ccccc4)c23)CC1. The minimum absolute atomic E-state index is 0.144. The van der Waals surface area contributed by atoms with Gasteiger partial charge < -0.3 is 10.2 Å². The molecule has 0 saturated carbocycles. The topological polar surface area (TPSA) is 71.0 Å². The molecule has 6 nitrogen and oxygen atoms in total.